The van der Waals surface area contributed by atoms with Crippen LogP contribution in [0, 0.1) is 11.8 Å². The predicted octanol–water partition coefficient (Wildman–Crippen LogP) is 1.91. The molecule has 1 fully saturated rings. The number of nitrogens with two attached hydrogens (primary N) is 1. The summed E-state index contributed by atoms with van der Waals surface area (Å²) in [5, 5.41) is 11.6. The van der Waals surface area contributed by atoms with Gasteiger partial charge in [-0.15, -0.1) is 0 Å². The molecule has 0 bridgehead atoms. The number of amides is 3. The lowest BCUT2D eigenvalue weighted by molar-refractivity contribution is -0.149. The normalized spacial score (nSPS) is 22.8. The van der Waals surface area contributed by atoms with Crippen LogP contribution in [0.3, 0.4) is 0 Å². The molecule has 0 aliphatic carbocycles. The van der Waals surface area contributed by atoms with E-state index in [0.29, 0.717) is 13.1 Å². The van der Waals surface area contributed by atoms with Gasteiger partial charge in [0.1, 0.15) is 13.2 Å². The van der Waals surface area contributed by atoms with Gasteiger partial charge in [-0.25, -0.2) is 0 Å². The second kappa shape index (κ2) is 19.7. The maximum absolute atomic E-state index is 11.7. The number of aliphatic carboxylic acids is 1. The molecule has 11 nitrogen and oxygen atoms in total. The summed E-state index contributed by atoms with van der Waals surface area (Å²) in [4.78, 5) is 48.6. The molecule has 218 valence electrons. The zero-order valence-corrected chi connectivity index (χ0v) is 25.1. The van der Waals surface area contributed by atoms with Gasteiger partial charge in [0.2, 0.25) is 17.7 Å². The van der Waals surface area contributed by atoms with Crippen molar-refractivity contribution in [3.8, 4) is 0 Å². The van der Waals surface area contributed by atoms with Crippen LogP contribution in [0.15, 0.2) is 0 Å². The lowest BCUT2D eigenvalue weighted by Gasteiger charge is -2.28. The highest BCUT2D eigenvalue weighted by atomic mass is 35.6. The molecule has 3 amide bonds. The molecule has 0 aromatic heterocycles. The molecule has 1 aliphatic heterocycles. The van der Waals surface area contributed by atoms with Crippen LogP contribution < -0.4 is 11.1 Å². The Morgan fingerprint density at radius 1 is 1.22 bits per heavy atom. The van der Waals surface area contributed by atoms with Crippen molar-refractivity contribution in [3.05, 3.63) is 0 Å². The highest BCUT2D eigenvalue weighted by Crippen LogP contribution is 2.10. The van der Waals surface area contributed by atoms with Crippen molar-refractivity contribution >= 4 is 58.5 Å². The third-order valence-corrected chi connectivity index (χ3v) is 5.50. The zero-order valence-electron chi connectivity index (χ0n) is 22.9. The quantitative estimate of drug-likeness (QED) is 0.379. The minimum Gasteiger partial charge on any atom is -0.481 e. The van der Waals surface area contributed by atoms with E-state index in [2.05, 4.69) is 5.32 Å². The molecular weight excluding hydrogens is 551 g/mol. The summed E-state index contributed by atoms with van der Waals surface area (Å²) in [7, 11) is 3.35. The number of carboxylic acids is 1. The van der Waals surface area contributed by atoms with Gasteiger partial charge in [-0.05, 0) is 34.6 Å². The highest BCUT2D eigenvalue weighted by Gasteiger charge is 2.26. The molecule has 1 saturated heterocycles. The number of ether oxygens (including phenoxy) is 2. The molecule has 0 spiro atoms. The molecule has 1 heterocycles. The Balaban J connectivity index is 0. The minimum atomic E-state index is -0.936. The number of nitrogens with zero attached hydrogens (tertiary/aromatic N) is 2. The SMILES string of the molecule is CC(N)CN(C)C(=O)COC(C)C(C)C(=O)O.CC1CN(C)C(=O)COC(C)C(C)C(=O)N1.ClC(Cl)Cl. The van der Waals surface area contributed by atoms with E-state index >= 15 is 0 Å². The first kappa shape index (κ1) is 37.8. The molecular formula is C23H43Cl3N4O7. The molecule has 0 radical (unpaired) electrons. The number of halogens is 3. The van der Waals surface area contributed by atoms with Crippen molar-refractivity contribution in [2.24, 2.45) is 17.6 Å². The average molecular weight is 594 g/mol. The number of carbonyl (C=O) groups is 4. The standard InChI is InChI=1S/C11H22N2O4.C11H20N2O3.CHCl3/c1-7(12)5-13(4)10(14)6-17-9(3)8(2)11(15)16;1-7-5-13(4)10(14)6-16-9(3)8(2)11(15)12-7;2-1(3)4/h7-9H,5-6,12H2,1-4H3,(H,15,16);7-9H,5-6H2,1-4H3,(H,12,15);1H. The van der Waals surface area contributed by atoms with Crippen LogP contribution in [-0.2, 0) is 28.7 Å². The van der Waals surface area contributed by atoms with Gasteiger partial charge in [0, 0.05) is 39.3 Å². The van der Waals surface area contributed by atoms with Crippen molar-refractivity contribution in [3.63, 3.8) is 0 Å². The van der Waals surface area contributed by atoms with Crippen LogP contribution in [0.4, 0.5) is 0 Å². The van der Waals surface area contributed by atoms with E-state index in [9.17, 15) is 19.2 Å². The number of likely N-dealkylation sites (N-methyl/N-ethyl adjacent to an activating group) is 2. The average Bonchev–Trinajstić information content (AvgIpc) is 2.77. The summed E-state index contributed by atoms with van der Waals surface area (Å²) >= 11 is 14.4. The molecule has 0 aromatic carbocycles. The molecule has 14 heteroatoms. The summed E-state index contributed by atoms with van der Waals surface area (Å²) in [5.74, 6) is -2.09. The zero-order chi connectivity index (χ0) is 29.5. The van der Waals surface area contributed by atoms with E-state index in [1.54, 1.807) is 39.8 Å². The van der Waals surface area contributed by atoms with E-state index in [0.717, 1.165) is 0 Å². The molecule has 4 N–H and O–H groups in total. The summed E-state index contributed by atoms with van der Waals surface area (Å²) < 4.78 is 9.83. The molecule has 1 rings (SSSR count). The van der Waals surface area contributed by atoms with Crippen molar-refractivity contribution < 1.29 is 33.8 Å². The first-order valence-electron chi connectivity index (χ1n) is 11.8. The Morgan fingerprint density at radius 3 is 2.19 bits per heavy atom. The van der Waals surface area contributed by atoms with Gasteiger partial charge in [-0.1, -0.05) is 41.7 Å². The third kappa shape index (κ3) is 18.5. The summed E-state index contributed by atoms with van der Waals surface area (Å²) in [5.41, 5.74) is 5.56. The number of nitrogens with one attached hydrogen (secondary N) is 1. The van der Waals surface area contributed by atoms with Crippen molar-refractivity contribution in [2.75, 3.05) is 40.4 Å². The van der Waals surface area contributed by atoms with Crippen molar-refractivity contribution in [1.29, 1.82) is 0 Å². The largest absolute Gasteiger partial charge is 0.481 e. The fourth-order valence-electron chi connectivity index (χ4n) is 2.79. The number of alkyl halides is 3. The molecule has 6 atom stereocenters. The Hall–Kier alpha value is -1.37. The lowest BCUT2D eigenvalue weighted by Crippen LogP contribution is -2.48. The van der Waals surface area contributed by atoms with E-state index in [1.165, 1.54) is 4.90 Å². The number of carbonyl (C=O) groups excluding carboxylic acids is 3. The van der Waals surface area contributed by atoms with Gasteiger partial charge in [0.25, 0.3) is 0 Å². The van der Waals surface area contributed by atoms with Gasteiger partial charge in [-0.3, -0.25) is 19.2 Å². The van der Waals surface area contributed by atoms with Gasteiger partial charge >= 0.3 is 5.97 Å². The van der Waals surface area contributed by atoms with E-state index in [4.69, 9.17) is 55.1 Å². The number of hydrogen-bond donors (Lipinski definition) is 3. The van der Waals surface area contributed by atoms with Crippen molar-refractivity contribution in [2.45, 2.75) is 70.1 Å². The smallest absolute Gasteiger partial charge is 0.308 e. The van der Waals surface area contributed by atoms with Crippen LogP contribution in [0.1, 0.15) is 41.5 Å². The van der Waals surface area contributed by atoms with Crippen LogP contribution in [-0.4, -0.2) is 108 Å². The summed E-state index contributed by atoms with van der Waals surface area (Å²) in [6.45, 7) is 11.4. The lowest BCUT2D eigenvalue weighted by atomic mass is 10.0. The molecule has 6 unspecified atom stereocenters. The third-order valence-electron chi connectivity index (χ3n) is 5.50. The number of rotatable bonds is 7. The predicted molar refractivity (Wildman–Crippen MR) is 145 cm³/mol. The second-order valence-corrected chi connectivity index (χ2v) is 11.1. The maximum atomic E-state index is 11.7. The van der Waals surface area contributed by atoms with Gasteiger partial charge < -0.3 is 35.4 Å². The highest BCUT2D eigenvalue weighted by molar-refractivity contribution is 6.63. The Kier molecular flexibility index (Phi) is 20.1. The van der Waals surface area contributed by atoms with Gasteiger partial charge in [-0.2, -0.15) is 0 Å². The second-order valence-electron chi connectivity index (χ2n) is 9.13. The molecule has 37 heavy (non-hydrogen) atoms. The van der Waals surface area contributed by atoms with Crippen LogP contribution >= 0.6 is 34.8 Å². The Bertz CT molecular complexity index is 713. The van der Waals surface area contributed by atoms with E-state index in [1.807, 2.05) is 20.8 Å². The monoisotopic (exact) mass is 592 g/mol. The van der Waals surface area contributed by atoms with Crippen LogP contribution in [0.25, 0.3) is 0 Å². The van der Waals surface area contributed by atoms with Crippen LogP contribution in [0.2, 0.25) is 0 Å². The number of hydrogen-bond acceptors (Lipinski definition) is 7. The van der Waals surface area contributed by atoms with E-state index < -0.39 is 22.3 Å². The Labute approximate surface area is 235 Å². The first-order valence-corrected chi connectivity index (χ1v) is 13.1. The topological polar surface area (TPSA) is 152 Å². The van der Waals surface area contributed by atoms with Crippen LogP contribution in [0.5, 0.6) is 0 Å². The Morgan fingerprint density at radius 2 is 1.73 bits per heavy atom. The molecule has 0 aromatic rings. The molecule has 0 saturated carbocycles. The maximum Gasteiger partial charge on any atom is 0.308 e. The fourth-order valence-corrected chi connectivity index (χ4v) is 2.79. The fraction of sp³-hybridized carbons (Fsp3) is 0.826. The molecule has 1 aliphatic rings. The van der Waals surface area contributed by atoms with Gasteiger partial charge in [0.05, 0.1) is 24.0 Å². The minimum absolute atomic E-state index is 0.0252. The first-order chi connectivity index (χ1) is 16.9. The summed E-state index contributed by atoms with van der Waals surface area (Å²) in [6.07, 6.45) is -0.747. The van der Waals surface area contributed by atoms with E-state index in [-0.39, 0.29) is 55.0 Å². The van der Waals surface area contributed by atoms with Crippen molar-refractivity contribution in [1.82, 2.24) is 15.1 Å². The number of carboxylic acid groups (broad SMARTS) is 1. The van der Waals surface area contributed by atoms with Gasteiger partial charge in [0.15, 0.2) is 4.30 Å². The summed E-state index contributed by atoms with van der Waals surface area (Å²) in [6, 6.07) is -0.131.